The predicted molar refractivity (Wildman–Crippen MR) is 68.7 cm³/mol. The Labute approximate surface area is 100 Å². The summed E-state index contributed by atoms with van der Waals surface area (Å²) in [6, 6.07) is 19.0. The molecule has 2 rings (SSSR count). The number of anilines is 1. The molecule has 0 aliphatic rings. The average molecular weight is 225 g/mol. The van der Waals surface area contributed by atoms with E-state index < -0.39 is 0 Å². The molecule has 0 bridgehead atoms. The molecule has 86 valence electrons. The Balaban J connectivity index is 1.83. The van der Waals surface area contributed by atoms with Crippen molar-refractivity contribution in [3.8, 4) is 0 Å². The fourth-order valence-corrected chi connectivity index (χ4v) is 1.47. The number of benzene rings is 2. The molecule has 0 saturated carbocycles. The van der Waals surface area contributed by atoms with Crippen LogP contribution in [0.1, 0.15) is 5.56 Å². The van der Waals surface area contributed by atoms with E-state index in [-0.39, 0.29) is 6.03 Å². The number of rotatable bonds is 3. The number of para-hydroxylation sites is 1. The number of amides is 2. The summed E-state index contributed by atoms with van der Waals surface area (Å²) in [5, 5.41) is 5.56. The molecule has 3 nitrogen and oxygen atoms in total. The molecule has 0 unspecified atom stereocenters. The lowest BCUT2D eigenvalue weighted by molar-refractivity contribution is 0.251. The van der Waals surface area contributed by atoms with Gasteiger partial charge in [-0.1, -0.05) is 48.5 Å². The van der Waals surface area contributed by atoms with Crippen molar-refractivity contribution < 1.29 is 4.79 Å². The van der Waals surface area contributed by atoms with Crippen LogP contribution in [0.5, 0.6) is 0 Å². The van der Waals surface area contributed by atoms with E-state index in [0.29, 0.717) is 6.54 Å². The van der Waals surface area contributed by atoms with Gasteiger partial charge in [0.05, 0.1) is 0 Å². The minimum Gasteiger partial charge on any atom is -0.334 e. The van der Waals surface area contributed by atoms with Crippen LogP contribution in [0.4, 0.5) is 10.5 Å². The Kier molecular flexibility index (Phi) is 3.76. The maximum atomic E-state index is 11.6. The number of carbonyl (C=O) groups excluding carboxylic acids is 1. The van der Waals surface area contributed by atoms with Crippen LogP contribution in [-0.4, -0.2) is 6.03 Å². The molecule has 0 aliphatic carbocycles. The minimum atomic E-state index is -0.194. The first-order valence-electron chi connectivity index (χ1n) is 5.48. The zero-order valence-electron chi connectivity index (χ0n) is 9.39. The summed E-state index contributed by atoms with van der Waals surface area (Å²) in [6.07, 6.45) is 0. The zero-order chi connectivity index (χ0) is 11.9. The second-order valence-electron chi connectivity index (χ2n) is 3.66. The van der Waals surface area contributed by atoms with E-state index in [2.05, 4.69) is 10.6 Å². The van der Waals surface area contributed by atoms with Crippen molar-refractivity contribution in [2.45, 2.75) is 6.54 Å². The Morgan fingerprint density at radius 2 is 1.47 bits per heavy atom. The van der Waals surface area contributed by atoms with Crippen molar-refractivity contribution in [2.75, 3.05) is 5.32 Å². The van der Waals surface area contributed by atoms with Crippen LogP contribution in [0.15, 0.2) is 60.7 Å². The Morgan fingerprint density at radius 3 is 2.12 bits per heavy atom. The molecule has 2 aromatic carbocycles. The van der Waals surface area contributed by atoms with Gasteiger partial charge in [0.1, 0.15) is 0 Å². The van der Waals surface area contributed by atoms with Crippen LogP contribution in [-0.2, 0) is 6.54 Å². The van der Waals surface area contributed by atoms with E-state index >= 15 is 0 Å². The monoisotopic (exact) mass is 225 g/mol. The molecule has 0 radical (unpaired) electrons. The standard InChI is InChI=1S/C14H14N2O/c17-14(16-13-9-5-2-6-10-13)15-11-12-7-3-1-4-8-12/h1-10H,11H2,(H2,15,16,17)/i14-1. The quantitative estimate of drug-likeness (QED) is 0.828. The van der Waals surface area contributed by atoms with E-state index in [4.69, 9.17) is 0 Å². The van der Waals surface area contributed by atoms with Crippen molar-refractivity contribution in [1.82, 2.24) is 5.32 Å². The topological polar surface area (TPSA) is 41.1 Å². The van der Waals surface area contributed by atoms with Gasteiger partial charge in [0, 0.05) is 12.2 Å². The van der Waals surface area contributed by atoms with Crippen LogP contribution < -0.4 is 10.6 Å². The molecule has 17 heavy (non-hydrogen) atoms. The van der Waals surface area contributed by atoms with E-state index in [0.717, 1.165) is 11.3 Å². The highest BCUT2D eigenvalue weighted by molar-refractivity contribution is 5.89. The van der Waals surface area contributed by atoms with Crippen LogP contribution in [0, 0.1) is 0 Å². The molecule has 2 amide bonds. The molecule has 0 atom stereocenters. The first-order valence-corrected chi connectivity index (χ1v) is 5.48. The lowest BCUT2D eigenvalue weighted by Crippen LogP contribution is -2.28. The summed E-state index contributed by atoms with van der Waals surface area (Å²) in [5.41, 5.74) is 1.87. The zero-order valence-corrected chi connectivity index (χ0v) is 9.39. The highest BCUT2D eigenvalue weighted by atomic mass is 16.1. The Bertz CT molecular complexity index is 468. The Morgan fingerprint density at radius 1 is 0.882 bits per heavy atom. The van der Waals surface area contributed by atoms with Gasteiger partial charge >= 0.3 is 6.03 Å². The highest BCUT2D eigenvalue weighted by Gasteiger charge is 2.00. The third kappa shape index (κ3) is 3.65. The van der Waals surface area contributed by atoms with E-state index in [1.807, 2.05) is 60.7 Å². The minimum absolute atomic E-state index is 0.194. The van der Waals surface area contributed by atoms with Gasteiger partial charge in [-0.3, -0.25) is 0 Å². The Hall–Kier alpha value is -2.29. The number of urea groups is 1. The molecular weight excluding hydrogens is 211 g/mol. The maximum absolute atomic E-state index is 11.6. The van der Waals surface area contributed by atoms with Crippen LogP contribution in [0.25, 0.3) is 0 Å². The average Bonchev–Trinajstić information content (AvgIpc) is 2.39. The SMILES string of the molecule is O=[11C](NCc1ccccc1)Nc1ccccc1. The number of hydrogen-bond acceptors (Lipinski definition) is 1. The molecule has 0 fully saturated rings. The van der Waals surface area contributed by atoms with Gasteiger partial charge in [0.25, 0.3) is 0 Å². The van der Waals surface area contributed by atoms with Crippen molar-refractivity contribution >= 4 is 11.7 Å². The van der Waals surface area contributed by atoms with Crippen molar-refractivity contribution in [3.05, 3.63) is 66.2 Å². The highest BCUT2D eigenvalue weighted by Crippen LogP contribution is 2.04. The van der Waals surface area contributed by atoms with Crippen molar-refractivity contribution in [2.24, 2.45) is 0 Å². The normalized spacial score (nSPS) is 9.65. The second-order valence-corrected chi connectivity index (χ2v) is 3.66. The van der Waals surface area contributed by atoms with Gasteiger partial charge in [0.15, 0.2) is 0 Å². The van der Waals surface area contributed by atoms with Gasteiger partial charge in [-0.2, -0.15) is 0 Å². The van der Waals surface area contributed by atoms with Gasteiger partial charge in [-0.15, -0.1) is 0 Å². The first kappa shape index (κ1) is 11.2. The molecule has 3 heteroatoms. The largest absolute Gasteiger partial charge is 0.334 e. The summed E-state index contributed by atoms with van der Waals surface area (Å²) in [5.74, 6) is 0. The van der Waals surface area contributed by atoms with E-state index in [1.54, 1.807) is 0 Å². The van der Waals surface area contributed by atoms with Gasteiger partial charge in [0.2, 0.25) is 0 Å². The molecule has 0 aliphatic heterocycles. The summed E-state index contributed by atoms with van der Waals surface area (Å²) >= 11 is 0. The second kappa shape index (κ2) is 5.70. The van der Waals surface area contributed by atoms with Crippen molar-refractivity contribution in [3.63, 3.8) is 0 Å². The maximum Gasteiger partial charge on any atom is 0.319 e. The lowest BCUT2D eigenvalue weighted by atomic mass is 10.1. The number of nitrogens with one attached hydrogen (secondary N) is 2. The van der Waals surface area contributed by atoms with Gasteiger partial charge < -0.3 is 10.6 Å². The first-order chi connectivity index (χ1) is 8.34. The van der Waals surface area contributed by atoms with Crippen molar-refractivity contribution in [1.29, 1.82) is 0 Å². The third-order valence-electron chi connectivity index (χ3n) is 2.33. The summed E-state index contributed by atoms with van der Waals surface area (Å²) in [4.78, 5) is 11.6. The van der Waals surface area contributed by atoms with Gasteiger partial charge in [-0.25, -0.2) is 4.79 Å². The summed E-state index contributed by atoms with van der Waals surface area (Å²) in [6.45, 7) is 0.527. The molecular formula is C14H14N2O. The predicted octanol–water partition coefficient (Wildman–Crippen LogP) is 3.01. The summed E-state index contributed by atoms with van der Waals surface area (Å²) < 4.78 is 0. The van der Waals surface area contributed by atoms with Gasteiger partial charge in [-0.05, 0) is 17.7 Å². The molecule has 0 saturated heterocycles. The number of carbonyl (C=O) groups is 1. The molecule has 2 N–H and O–H groups in total. The fraction of sp³-hybridized carbons (Fsp3) is 0.0714. The molecule has 0 heterocycles. The van der Waals surface area contributed by atoms with Crippen LogP contribution in [0.2, 0.25) is 0 Å². The fourth-order valence-electron chi connectivity index (χ4n) is 1.47. The van der Waals surface area contributed by atoms with Crippen LogP contribution >= 0.6 is 0 Å². The smallest absolute Gasteiger partial charge is 0.319 e. The third-order valence-corrected chi connectivity index (χ3v) is 2.33. The van der Waals surface area contributed by atoms with E-state index in [1.165, 1.54) is 0 Å². The molecule has 2 aromatic rings. The molecule has 0 aromatic heterocycles. The number of hydrogen-bond donors (Lipinski definition) is 2. The van der Waals surface area contributed by atoms with E-state index in [9.17, 15) is 4.79 Å². The summed E-state index contributed by atoms with van der Waals surface area (Å²) in [7, 11) is 0. The van der Waals surface area contributed by atoms with Crippen LogP contribution in [0.3, 0.4) is 0 Å². The lowest BCUT2D eigenvalue weighted by Gasteiger charge is -2.07. The molecule has 0 spiro atoms.